The Morgan fingerprint density at radius 1 is 0.613 bits per heavy atom. The number of ether oxygens (including phenoxy) is 8. The molecule has 4 heterocycles. The molecule has 0 aromatic carbocycles. The molecule has 0 amide bonds. The topological polar surface area (TPSA) is 357 Å². The number of allylic oxidation sites excluding steroid dienone is 2. The van der Waals surface area contributed by atoms with Crippen molar-refractivity contribution in [1.29, 1.82) is 0 Å². The quantitative estimate of drug-likeness (QED) is 0.0782. The Labute approximate surface area is 438 Å². The van der Waals surface area contributed by atoms with Crippen LogP contribution in [0.3, 0.4) is 0 Å². The van der Waals surface area contributed by atoms with E-state index in [1.54, 1.807) is 0 Å². The zero-order valence-electron chi connectivity index (χ0n) is 44.4. The first-order valence-corrected chi connectivity index (χ1v) is 27.2. The first-order valence-electron chi connectivity index (χ1n) is 27.2. The Morgan fingerprint density at radius 3 is 1.80 bits per heavy atom. The lowest BCUT2D eigenvalue weighted by molar-refractivity contribution is -0.405. The SMILES string of the molecule is C=C(C)C[C@H](O)C[C@@H](C)[C@H]1CC[C@@]2(C)C3=C(CC[C@]12C)[C@@]1(C)CC[C@H](O[C@@H]2OC(CO)[C@@H](O)C(OC4O[C@@H](C)C(O)[C@H](O)[C@@H]4O)[C@@H]2OC2O[C@@H](C)C(O)[C@H](O[C@@H]4OC(CO)[C@@H](O)C(O)[C@@H]4O)[C@@H]2O)[C@](O)(CO)C1CC3. The molecule has 6 fully saturated rings. The van der Waals surface area contributed by atoms with E-state index in [0.29, 0.717) is 38.0 Å². The monoisotopic (exact) mass is 1080 g/mol. The van der Waals surface area contributed by atoms with Gasteiger partial charge in [-0.25, -0.2) is 0 Å². The molecule has 75 heavy (non-hydrogen) atoms. The summed E-state index contributed by atoms with van der Waals surface area (Å²) in [7, 11) is 0. The van der Waals surface area contributed by atoms with E-state index in [0.717, 1.165) is 31.3 Å². The van der Waals surface area contributed by atoms with Crippen molar-refractivity contribution in [1.82, 2.24) is 0 Å². The van der Waals surface area contributed by atoms with Gasteiger partial charge in [0, 0.05) is 5.92 Å². The van der Waals surface area contributed by atoms with Crippen molar-refractivity contribution in [3.63, 3.8) is 0 Å². The summed E-state index contributed by atoms with van der Waals surface area (Å²) in [4.78, 5) is 0. The lowest BCUT2D eigenvalue weighted by Crippen LogP contribution is -2.69. The lowest BCUT2D eigenvalue weighted by atomic mass is 9.44. The van der Waals surface area contributed by atoms with Gasteiger partial charge in [-0.15, -0.1) is 6.58 Å². The average molecular weight is 1080 g/mol. The Bertz CT molecular complexity index is 2000. The maximum Gasteiger partial charge on any atom is 0.187 e. The van der Waals surface area contributed by atoms with E-state index in [2.05, 4.69) is 34.3 Å². The van der Waals surface area contributed by atoms with Crippen molar-refractivity contribution in [3.8, 4) is 0 Å². The molecule has 0 radical (unpaired) electrons. The second-order valence-corrected chi connectivity index (χ2v) is 24.3. The number of aliphatic hydroxyl groups is 14. The Hall–Kier alpha value is -1.40. The average Bonchev–Trinajstić information content (AvgIpc) is 3.65. The maximum atomic E-state index is 13.1. The molecule has 8 aliphatic rings. The van der Waals surface area contributed by atoms with Crippen LogP contribution in [-0.4, -0.2) is 232 Å². The summed E-state index contributed by atoms with van der Waals surface area (Å²) in [6, 6.07) is 0. The van der Waals surface area contributed by atoms with Gasteiger partial charge in [0.2, 0.25) is 0 Å². The standard InChI is InChI=1S/C53H88O22/c1-22(2)17-26(57)18-23(3)27-11-15-52(8)29-9-10-32-50(6,28(29)12-16-51(27,52)7)14-13-33(53(32,67)21-56)72-49-45(44(37(61)31(20-55)71-49)74-46-40(64)38(62)34(58)24(4)68-46)75-48-42(66)43(35(59)25(5)69-48)73-47-41(65)39(63)36(60)30(19-54)70-47/h23-27,30-49,54-67H,1,9-21H2,2-8H3/t23-,24+,25+,26+,27-,30?,31?,32?,33+,34?,35?,36-,37-,38+,39?,40+,41+,42+,43+,44?,45+,46?,47+,48?,49+,50-,51-,52+,53+/m1/s1. The van der Waals surface area contributed by atoms with Crippen LogP contribution in [0.4, 0.5) is 0 Å². The minimum atomic E-state index is -2.01. The van der Waals surface area contributed by atoms with Gasteiger partial charge in [-0.1, -0.05) is 44.4 Å². The van der Waals surface area contributed by atoms with Crippen LogP contribution < -0.4 is 0 Å². The van der Waals surface area contributed by atoms with E-state index in [1.807, 2.05) is 6.92 Å². The maximum absolute atomic E-state index is 13.1. The summed E-state index contributed by atoms with van der Waals surface area (Å²) in [5.74, 6) is 0.146. The molecule has 2 saturated carbocycles. The van der Waals surface area contributed by atoms with Crippen molar-refractivity contribution < 1.29 is 109 Å². The van der Waals surface area contributed by atoms with Gasteiger partial charge in [-0.2, -0.15) is 0 Å². The minimum absolute atomic E-state index is 0.0308. The number of hydrogen-bond donors (Lipinski definition) is 14. The highest BCUT2D eigenvalue weighted by Gasteiger charge is 2.66. The number of rotatable bonds is 16. The van der Waals surface area contributed by atoms with Crippen molar-refractivity contribution in [2.45, 2.75) is 253 Å². The Morgan fingerprint density at radius 2 is 1.17 bits per heavy atom. The lowest BCUT2D eigenvalue weighted by Gasteiger charge is -2.62. The predicted molar refractivity (Wildman–Crippen MR) is 260 cm³/mol. The molecule has 22 heteroatoms. The molecule has 0 bridgehead atoms. The molecular formula is C53H88O22. The summed E-state index contributed by atoms with van der Waals surface area (Å²) in [5.41, 5.74) is 1.00. The summed E-state index contributed by atoms with van der Waals surface area (Å²) in [6.07, 6.45) is -28.8. The molecule has 29 atom stereocenters. The molecule has 0 aromatic heterocycles. The molecule has 14 N–H and O–H groups in total. The van der Waals surface area contributed by atoms with Crippen LogP contribution >= 0.6 is 0 Å². The molecule has 9 unspecified atom stereocenters. The van der Waals surface area contributed by atoms with E-state index in [-0.39, 0.29) is 23.2 Å². The van der Waals surface area contributed by atoms with Crippen LogP contribution in [0.1, 0.15) is 113 Å². The third-order valence-electron chi connectivity index (χ3n) is 19.8. The summed E-state index contributed by atoms with van der Waals surface area (Å²) in [5, 5.41) is 155. The highest BCUT2D eigenvalue weighted by atomic mass is 16.8. The van der Waals surface area contributed by atoms with Crippen molar-refractivity contribution in [2.75, 3.05) is 19.8 Å². The normalized spacial score (nSPS) is 52.1. The van der Waals surface area contributed by atoms with E-state index in [4.69, 9.17) is 37.9 Å². The minimum Gasteiger partial charge on any atom is -0.394 e. The predicted octanol–water partition coefficient (Wildman–Crippen LogP) is -1.50. The van der Waals surface area contributed by atoms with Gasteiger partial charge in [0.1, 0.15) is 91.1 Å². The smallest absolute Gasteiger partial charge is 0.187 e. The van der Waals surface area contributed by atoms with Crippen molar-refractivity contribution in [3.05, 3.63) is 23.3 Å². The van der Waals surface area contributed by atoms with Crippen LogP contribution in [0.5, 0.6) is 0 Å². The van der Waals surface area contributed by atoms with Crippen LogP contribution in [-0.2, 0) is 37.9 Å². The molecule has 432 valence electrons. The second-order valence-electron chi connectivity index (χ2n) is 24.3. The molecule has 22 nitrogen and oxygen atoms in total. The third kappa shape index (κ3) is 10.5. The summed E-state index contributed by atoms with van der Waals surface area (Å²) >= 11 is 0. The first-order chi connectivity index (χ1) is 35.2. The van der Waals surface area contributed by atoms with Crippen molar-refractivity contribution >= 4 is 0 Å². The van der Waals surface area contributed by atoms with E-state index < -0.39 is 172 Å². The Balaban J connectivity index is 1.09. The van der Waals surface area contributed by atoms with E-state index in [1.165, 1.54) is 25.0 Å². The van der Waals surface area contributed by atoms with Crippen LogP contribution in [0.2, 0.25) is 0 Å². The third-order valence-corrected chi connectivity index (χ3v) is 19.8. The second kappa shape index (κ2) is 22.9. The molecule has 0 spiro atoms. The van der Waals surface area contributed by atoms with Gasteiger partial charge >= 0.3 is 0 Å². The molecule has 8 rings (SSSR count). The number of fused-ring (bicyclic) bond motifs is 4. The van der Waals surface area contributed by atoms with Gasteiger partial charge in [-0.3, -0.25) is 0 Å². The number of hydrogen-bond acceptors (Lipinski definition) is 22. The van der Waals surface area contributed by atoms with E-state index >= 15 is 0 Å². The fourth-order valence-corrected chi connectivity index (χ4v) is 15.2. The molecule has 4 aliphatic carbocycles. The van der Waals surface area contributed by atoms with Gasteiger partial charge in [0.15, 0.2) is 25.2 Å². The van der Waals surface area contributed by atoms with Crippen LogP contribution in [0.15, 0.2) is 23.3 Å². The fraction of sp³-hybridized carbons (Fsp3) is 0.925. The van der Waals surface area contributed by atoms with Crippen LogP contribution in [0, 0.1) is 34.0 Å². The molecule has 0 aromatic rings. The Kier molecular flexibility index (Phi) is 18.2. The zero-order valence-corrected chi connectivity index (χ0v) is 44.4. The highest BCUT2D eigenvalue weighted by Crippen LogP contribution is 2.72. The molecule has 4 saturated heterocycles. The van der Waals surface area contributed by atoms with Crippen molar-refractivity contribution in [2.24, 2.45) is 34.0 Å². The number of aliphatic hydroxyl groups excluding tert-OH is 13. The highest BCUT2D eigenvalue weighted by molar-refractivity contribution is 5.39. The first kappa shape index (κ1) is 59.7. The van der Waals surface area contributed by atoms with E-state index in [9.17, 15) is 71.5 Å². The van der Waals surface area contributed by atoms with Gasteiger partial charge in [-0.05, 0) is 113 Å². The largest absolute Gasteiger partial charge is 0.394 e. The fourth-order valence-electron chi connectivity index (χ4n) is 15.2. The van der Waals surface area contributed by atoms with Gasteiger partial charge in [0.25, 0.3) is 0 Å². The van der Waals surface area contributed by atoms with Crippen LogP contribution in [0.25, 0.3) is 0 Å². The molecule has 4 aliphatic heterocycles. The summed E-state index contributed by atoms with van der Waals surface area (Å²) in [6.45, 7) is 15.6. The zero-order chi connectivity index (χ0) is 55.0. The van der Waals surface area contributed by atoms with Gasteiger partial charge in [0.05, 0.1) is 44.2 Å². The van der Waals surface area contributed by atoms with Gasteiger partial charge < -0.3 is 109 Å². The summed E-state index contributed by atoms with van der Waals surface area (Å²) < 4.78 is 48.8. The molecular weight excluding hydrogens is 989 g/mol.